The van der Waals surface area contributed by atoms with Crippen LogP contribution in [0.15, 0.2) is 48.5 Å². The molecule has 0 fully saturated rings. The predicted molar refractivity (Wildman–Crippen MR) is 99.9 cm³/mol. The van der Waals surface area contributed by atoms with Crippen LogP contribution in [0.2, 0.25) is 5.02 Å². The summed E-state index contributed by atoms with van der Waals surface area (Å²) in [5.74, 6) is 0.296. The summed E-state index contributed by atoms with van der Waals surface area (Å²) in [6.45, 7) is 5.03. The minimum atomic E-state index is -0.809. The van der Waals surface area contributed by atoms with Crippen LogP contribution in [0.5, 0.6) is 5.75 Å². The van der Waals surface area contributed by atoms with E-state index in [0.29, 0.717) is 30.5 Å². The molecular weight excluding hydrogens is 338 g/mol. The lowest BCUT2D eigenvalue weighted by atomic mass is 10.0. The van der Waals surface area contributed by atoms with Crippen molar-refractivity contribution < 1.29 is 14.6 Å². The number of carboxylic acid groups (broad SMARTS) is 1. The Balaban J connectivity index is 1.84. The van der Waals surface area contributed by atoms with Crippen molar-refractivity contribution in [1.29, 1.82) is 0 Å². The number of rotatable bonds is 9. The fraction of sp³-hybridized carbons (Fsp3) is 0.350. The molecule has 0 amide bonds. The summed E-state index contributed by atoms with van der Waals surface area (Å²) in [6.07, 6.45) is 0.609. The molecule has 2 rings (SSSR count). The fourth-order valence-corrected chi connectivity index (χ4v) is 2.56. The van der Waals surface area contributed by atoms with Crippen LogP contribution in [0.1, 0.15) is 31.4 Å². The van der Waals surface area contributed by atoms with Gasteiger partial charge >= 0.3 is 5.97 Å². The second-order valence-electron chi connectivity index (χ2n) is 6.46. The number of aliphatic carboxylic acids is 1. The van der Waals surface area contributed by atoms with Crippen LogP contribution in [0, 0.1) is 5.92 Å². The minimum absolute atomic E-state index is 0.331. The number of hydrogen-bond donors (Lipinski definition) is 2. The van der Waals surface area contributed by atoms with Gasteiger partial charge in [-0.15, -0.1) is 0 Å². The Kier molecular flexibility index (Phi) is 7.29. The Morgan fingerprint density at radius 3 is 2.24 bits per heavy atom. The van der Waals surface area contributed by atoms with Gasteiger partial charge in [0.25, 0.3) is 0 Å². The summed E-state index contributed by atoms with van der Waals surface area (Å²) in [5.41, 5.74) is 2.07. The maximum absolute atomic E-state index is 11.3. The highest BCUT2D eigenvalue weighted by Gasteiger charge is 2.17. The number of nitrogens with one attached hydrogen (secondary N) is 1. The minimum Gasteiger partial charge on any atom is -0.489 e. The molecule has 4 nitrogen and oxygen atoms in total. The zero-order valence-electron chi connectivity index (χ0n) is 14.5. The third kappa shape index (κ3) is 6.77. The van der Waals surface area contributed by atoms with Crippen molar-refractivity contribution in [2.45, 2.75) is 39.5 Å². The molecule has 0 aliphatic rings. The quantitative estimate of drug-likeness (QED) is 0.690. The zero-order valence-corrected chi connectivity index (χ0v) is 15.3. The number of ether oxygens (including phenoxy) is 1. The van der Waals surface area contributed by atoms with E-state index in [1.165, 1.54) is 0 Å². The van der Waals surface area contributed by atoms with E-state index in [4.69, 9.17) is 16.3 Å². The van der Waals surface area contributed by atoms with Crippen molar-refractivity contribution in [3.63, 3.8) is 0 Å². The molecule has 0 aliphatic carbocycles. The lowest BCUT2D eigenvalue weighted by Gasteiger charge is -2.16. The molecule has 0 heterocycles. The van der Waals surface area contributed by atoms with Crippen molar-refractivity contribution >= 4 is 17.6 Å². The molecule has 0 radical (unpaired) electrons. The van der Waals surface area contributed by atoms with E-state index in [-0.39, 0.29) is 0 Å². The molecule has 0 bridgehead atoms. The van der Waals surface area contributed by atoms with E-state index in [9.17, 15) is 9.90 Å². The third-order valence-electron chi connectivity index (χ3n) is 3.80. The van der Waals surface area contributed by atoms with Crippen molar-refractivity contribution in [3.8, 4) is 5.75 Å². The SMILES string of the molecule is CC(C)CC(NCc1ccc(OCc2ccc(Cl)cc2)cc1)C(=O)O. The highest BCUT2D eigenvalue weighted by Crippen LogP contribution is 2.16. The van der Waals surface area contributed by atoms with Gasteiger partial charge in [-0.1, -0.05) is 49.7 Å². The van der Waals surface area contributed by atoms with E-state index in [0.717, 1.165) is 16.9 Å². The van der Waals surface area contributed by atoms with Crippen molar-refractivity contribution in [1.82, 2.24) is 5.32 Å². The first-order valence-electron chi connectivity index (χ1n) is 8.36. The molecule has 2 N–H and O–H groups in total. The Morgan fingerprint density at radius 2 is 1.68 bits per heavy atom. The largest absolute Gasteiger partial charge is 0.489 e. The van der Waals surface area contributed by atoms with Crippen LogP contribution in [0.4, 0.5) is 0 Å². The molecule has 134 valence electrons. The van der Waals surface area contributed by atoms with Gasteiger partial charge in [-0.2, -0.15) is 0 Å². The van der Waals surface area contributed by atoms with Crippen molar-refractivity contribution in [2.24, 2.45) is 5.92 Å². The van der Waals surface area contributed by atoms with Crippen LogP contribution in [-0.4, -0.2) is 17.1 Å². The molecule has 1 unspecified atom stereocenters. The van der Waals surface area contributed by atoms with Crippen molar-refractivity contribution in [3.05, 3.63) is 64.7 Å². The van der Waals surface area contributed by atoms with Gasteiger partial charge in [0.05, 0.1) is 0 Å². The molecule has 25 heavy (non-hydrogen) atoms. The van der Waals surface area contributed by atoms with Crippen LogP contribution in [0.3, 0.4) is 0 Å². The average Bonchev–Trinajstić information content (AvgIpc) is 2.58. The molecular formula is C20H24ClNO3. The van der Waals surface area contributed by atoms with E-state index in [2.05, 4.69) is 5.32 Å². The predicted octanol–water partition coefficient (Wildman–Crippen LogP) is 4.51. The summed E-state index contributed by atoms with van der Waals surface area (Å²) < 4.78 is 5.75. The zero-order chi connectivity index (χ0) is 18.2. The molecule has 1 atom stereocenters. The van der Waals surface area contributed by atoms with Crippen LogP contribution in [0.25, 0.3) is 0 Å². The van der Waals surface area contributed by atoms with E-state index < -0.39 is 12.0 Å². The van der Waals surface area contributed by atoms with E-state index in [1.54, 1.807) is 0 Å². The maximum Gasteiger partial charge on any atom is 0.320 e. The molecule has 2 aromatic rings. The first-order valence-corrected chi connectivity index (χ1v) is 8.74. The van der Waals surface area contributed by atoms with Gasteiger partial charge in [0, 0.05) is 11.6 Å². The second-order valence-corrected chi connectivity index (χ2v) is 6.90. The van der Waals surface area contributed by atoms with E-state index in [1.807, 2.05) is 62.4 Å². The second kappa shape index (κ2) is 9.44. The molecule has 0 saturated carbocycles. The highest BCUT2D eigenvalue weighted by molar-refractivity contribution is 6.30. The van der Waals surface area contributed by atoms with Crippen LogP contribution >= 0.6 is 11.6 Å². The van der Waals surface area contributed by atoms with Crippen LogP contribution in [-0.2, 0) is 17.9 Å². The first kappa shape index (κ1) is 19.3. The van der Waals surface area contributed by atoms with Gasteiger partial charge in [-0.25, -0.2) is 0 Å². The molecule has 5 heteroatoms. The standard InChI is InChI=1S/C20H24ClNO3/c1-14(2)11-19(20(23)24)22-12-15-5-9-18(10-6-15)25-13-16-3-7-17(21)8-4-16/h3-10,14,19,22H,11-13H2,1-2H3,(H,23,24). The fourth-order valence-electron chi connectivity index (χ4n) is 2.43. The maximum atomic E-state index is 11.3. The summed E-state index contributed by atoms with van der Waals surface area (Å²) in [6, 6.07) is 14.7. The van der Waals surface area contributed by atoms with Gasteiger partial charge in [0.2, 0.25) is 0 Å². The first-order chi connectivity index (χ1) is 11.9. The van der Waals surface area contributed by atoms with Gasteiger partial charge in [-0.05, 0) is 47.7 Å². The van der Waals surface area contributed by atoms with Crippen molar-refractivity contribution in [2.75, 3.05) is 0 Å². The topological polar surface area (TPSA) is 58.6 Å². The van der Waals surface area contributed by atoms with Gasteiger partial charge in [0.15, 0.2) is 0 Å². The summed E-state index contributed by atoms with van der Waals surface area (Å²) in [7, 11) is 0. The number of hydrogen-bond acceptors (Lipinski definition) is 3. The number of carboxylic acids is 1. The van der Waals surface area contributed by atoms with E-state index >= 15 is 0 Å². The molecule has 0 saturated heterocycles. The lowest BCUT2D eigenvalue weighted by molar-refractivity contribution is -0.140. The Hall–Kier alpha value is -2.04. The Bertz CT molecular complexity index is 668. The molecule has 2 aromatic carbocycles. The smallest absolute Gasteiger partial charge is 0.320 e. The van der Waals surface area contributed by atoms with Gasteiger partial charge < -0.3 is 15.2 Å². The number of carbonyl (C=O) groups is 1. The average molecular weight is 362 g/mol. The number of benzene rings is 2. The van der Waals surface area contributed by atoms with Gasteiger partial charge in [0.1, 0.15) is 18.4 Å². The molecule has 0 aromatic heterocycles. The lowest BCUT2D eigenvalue weighted by Crippen LogP contribution is -2.37. The molecule has 0 spiro atoms. The summed E-state index contributed by atoms with van der Waals surface area (Å²) in [4.78, 5) is 11.3. The third-order valence-corrected chi connectivity index (χ3v) is 4.05. The summed E-state index contributed by atoms with van der Waals surface area (Å²) in [5, 5.41) is 13.1. The molecule has 0 aliphatic heterocycles. The highest BCUT2D eigenvalue weighted by atomic mass is 35.5. The van der Waals surface area contributed by atoms with Crippen LogP contribution < -0.4 is 10.1 Å². The normalized spacial score (nSPS) is 12.2. The Labute approximate surface area is 153 Å². The summed E-state index contributed by atoms with van der Waals surface area (Å²) >= 11 is 5.86. The monoisotopic (exact) mass is 361 g/mol. The van der Waals surface area contributed by atoms with Gasteiger partial charge in [-0.3, -0.25) is 4.79 Å². The Morgan fingerprint density at radius 1 is 1.08 bits per heavy atom. The number of halogens is 1.